The molecule has 0 radical (unpaired) electrons. The third kappa shape index (κ3) is 3.78. The Morgan fingerprint density at radius 1 is 1.26 bits per heavy atom. The average molecular weight is 326 g/mol. The third-order valence-electron chi connectivity index (χ3n) is 5.52. The van der Waals surface area contributed by atoms with E-state index in [-0.39, 0.29) is 0 Å². The second-order valence-corrected chi connectivity index (χ2v) is 6.92. The molecule has 2 nitrogen and oxygen atoms in total. The summed E-state index contributed by atoms with van der Waals surface area (Å²) in [5, 5.41) is 2.24. The minimum atomic E-state index is -4.25. The second kappa shape index (κ2) is 6.65. The lowest BCUT2D eigenvalue weighted by Crippen LogP contribution is -3.21. The quantitative estimate of drug-likeness (QED) is 0.760. The predicted molar refractivity (Wildman–Crippen MR) is 82.8 cm³/mol. The number of piperidine rings is 3. The van der Waals surface area contributed by atoms with E-state index in [0.29, 0.717) is 12.0 Å². The number of halogens is 3. The summed E-state index contributed by atoms with van der Waals surface area (Å²) in [6.45, 7) is 8.21. The summed E-state index contributed by atoms with van der Waals surface area (Å²) in [6.07, 6.45) is 0.435. The van der Waals surface area contributed by atoms with Crippen molar-refractivity contribution in [2.45, 2.75) is 31.6 Å². The standard InChI is InChI=1S/C18H23F3N2/c1-2-14-12-23-8-7-15(14)9-17(23)11-22-10-13-3-5-16(6-4-13)18(19,20)21/h2-6,14-15,17,22H,1,7-12H2/p+2/t14-,15-,17+/m0/s1. The second-order valence-electron chi connectivity index (χ2n) is 6.92. The highest BCUT2D eigenvalue weighted by Crippen LogP contribution is 2.29. The van der Waals surface area contributed by atoms with Gasteiger partial charge in [-0.15, -0.1) is 6.58 Å². The Balaban J connectivity index is 1.48. The zero-order valence-corrected chi connectivity index (χ0v) is 13.3. The molecule has 5 heteroatoms. The molecule has 0 amide bonds. The molecule has 1 unspecified atom stereocenters. The molecule has 3 saturated heterocycles. The number of nitrogens with one attached hydrogen (secondary N) is 1. The van der Waals surface area contributed by atoms with Crippen LogP contribution in [0.25, 0.3) is 0 Å². The van der Waals surface area contributed by atoms with Crippen LogP contribution in [0.1, 0.15) is 24.0 Å². The minimum Gasteiger partial charge on any atom is -0.338 e. The lowest BCUT2D eigenvalue weighted by molar-refractivity contribution is -0.958. The molecule has 4 atom stereocenters. The zero-order valence-electron chi connectivity index (χ0n) is 13.3. The average Bonchev–Trinajstić information content (AvgIpc) is 2.55. The summed E-state index contributed by atoms with van der Waals surface area (Å²) in [4.78, 5) is 1.68. The van der Waals surface area contributed by atoms with Gasteiger partial charge in [0.15, 0.2) is 0 Å². The molecule has 0 aliphatic carbocycles. The van der Waals surface area contributed by atoms with Gasteiger partial charge in [0.05, 0.1) is 18.7 Å². The maximum atomic E-state index is 12.5. The Bertz CT molecular complexity index is 538. The van der Waals surface area contributed by atoms with E-state index in [0.717, 1.165) is 24.6 Å². The van der Waals surface area contributed by atoms with E-state index < -0.39 is 11.7 Å². The van der Waals surface area contributed by atoms with Crippen LogP contribution in [-0.4, -0.2) is 25.7 Å². The molecule has 3 fully saturated rings. The summed E-state index contributed by atoms with van der Waals surface area (Å²) < 4.78 is 37.6. The Morgan fingerprint density at radius 3 is 2.57 bits per heavy atom. The van der Waals surface area contributed by atoms with Gasteiger partial charge in [-0.25, -0.2) is 0 Å². The van der Waals surface area contributed by atoms with Crippen molar-refractivity contribution < 1.29 is 23.4 Å². The summed E-state index contributed by atoms with van der Waals surface area (Å²) in [5.74, 6) is 1.46. The summed E-state index contributed by atoms with van der Waals surface area (Å²) >= 11 is 0. The first kappa shape index (κ1) is 16.5. The topological polar surface area (TPSA) is 21.1 Å². The van der Waals surface area contributed by atoms with Gasteiger partial charge in [-0.2, -0.15) is 13.2 Å². The van der Waals surface area contributed by atoms with Gasteiger partial charge in [0, 0.05) is 24.3 Å². The van der Waals surface area contributed by atoms with Gasteiger partial charge in [-0.05, 0) is 18.1 Å². The van der Waals surface area contributed by atoms with Crippen LogP contribution in [0.4, 0.5) is 13.2 Å². The monoisotopic (exact) mass is 326 g/mol. The Kier molecular flexibility index (Phi) is 4.78. The number of rotatable bonds is 5. The van der Waals surface area contributed by atoms with Gasteiger partial charge in [0.2, 0.25) is 0 Å². The van der Waals surface area contributed by atoms with Crippen molar-refractivity contribution in [1.29, 1.82) is 0 Å². The minimum absolute atomic E-state index is 0.572. The molecule has 3 aliphatic rings. The molecule has 3 aliphatic heterocycles. The number of nitrogens with two attached hydrogens (primary N) is 1. The maximum Gasteiger partial charge on any atom is 0.416 e. The molecule has 4 rings (SSSR count). The highest BCUT2D eigenvalue weighted by Gasteiger charge is 2.42. The largest absolute Gasteiger partial charge is 0.416 e. The van der Waals surface area contributed by atoms with E-state index >= 15 is 0 Å². The molecule has 1 aromatic rings. The van der Waals surface area contributed by atoms with Crippen LogP contribution in [0, 0.1) is 11.8 Å². The van der Waals surface area contributed by atoms with Crippen molar-refractivity contribution in [2.75, 3.05) is 19.6 Å². The van der Waals surface area contributed by atoms with E-state index in [4.69, 9.17) is 0 Å². The normalized spacial score (nSPS) is 30.4. The fourth-order valence-electron chi connectivity index (χ4n) is 4.17. The summed E-state index contributed by atoms with van der Waals surface area (Å²) in [5.41, 5.74) is 0.379. The van der Waals surface area contributed by atoms with E-state index in [2.05, 4.69) is 18.0 Å². The van der Waals surface area contributed by atoms with Crippen molar-refractivity contribution >= 4 is 0 Å². The molecule has 3 heterocycles. The molecule has 0 aromatic heterocycles. The fraction of sp³-hybridized carbons (Fsp3) is 0.556. The van der Waals surface area contributed by atoms with Gasteiger partial charge in [-0.1, -0.05) is 18.2 Å². The van der Waals surface area contributed by atoms with E-state index in [1.807, 2.05) is 0 Å². The van der Waals surface area contributed by atoms with Gasteiger partial charge in [-0.3, -0.25) is 0 Å². The Morgan fingerprint density at radius 2 is 2.00 bits per heavy atom. The SMILES string of the molecule is C=C[C@H]1C[NH+]2CC[C@H]1C[C@@H]2C[NH2+]Cc1ccc(C(F)(F)F)cc1. The Labute approximate surface area is 135 Å². The Hall–Kier alpha value is -1.33. The molecule has 126 valence electrons. The highest BCUT2D eigenvalue weighted by atomic mass is 19.4. The van der Waals surface area contributed by atoms with Gasteiger partial charge in [0.25, 0.3) is 0 Å². The predicted octanol–water partition coefficient (Wildman–Crippen LogP) is 1.25. The first-order chi connectivity index (χ1) is 11.0. The first-order valence-corrected chi connectivity index (χ1v) is 8.42. The smallest absolute Gasteiger partial charge is 0.338 e. The number of fused-ring (bicyclic) bond motifs is 3. The molecule has 3 N–H and O–H groups in total. The molecule has 0 saturated carbocycles. The fourth-order valence-corrected chi connectivity index (χ4v) is 4.17. The number of hydrogen-bond donors (Lipinski definition) is 2. The van der Waals surface area contributed by atoms with Crippen LogP contribution in [0.15, 0.2) is 36.9 Å². The van der Waals surface area contributed by atoms with Crippen LogP contribution >= 0.6 is 0 Å². The molecule has 0 spiro atoms. The van der Waals surface area contributed by atoms with Crippen LogP contribution in [-0.2, 0) is 12.7 Å². The van der Waals surface area contributed by atoms with E-state index in [1.54, 1.807) is 17.0 Å². The van der Waals surface area contributed by atoms with Gasteiger partial charge < -0.3 is 10.2 Å². The van der Waals surface area contributed by atoms with Crippen LogP contribution in [0.5, 0.6) is 0 Å². The molecule has 23 heavy (non-hydrogen) atoms. The van der Waals surface area contributed by atoms with Crippen molar-refractivity contribution in [3.05, 3.63) is 48.0 Å². The number of benzene rings is 1. The maximum absolute atomic E-state index is 12.5. The number of alkyl halides is 3. The van der Waals surface area contributed by atoms with E-state index in [9.17, 15) is 13.2 Å². The number of quaternary nitrogens is 2. The van der Waals surface area contributed by atoms with Crippen molar-refractivity contribution in [2.24, 2.45) is 11.8 Å². The van der Waals surface area contributed by atoms with Crippen LogP contribution in [0.2, 0.25) is 0 Å². The molecular weight excluding hydrogens is 301 g/mol. The van der Waals surface area contributed by atoms with Gasteiger partial charge in [0.1, 0.15) is 19.1 Å². The van der Waals surface area contributed by atoms with Crippen molar-refractivity contribution in [1.82, 2.24) is 0 Å². The van der Waals surface area contributed by atoms with Crippen LogP contribution < -0.4 is 10.2 Å². The van der Waals surface area contributed by atoms with Crippen molar-refractivity contribution in [3.8, 4) is 0 Å². The van der Waals surface area contributed by atoms with Crippen molar-refractivity contribution in [3.63, 3.8) is 0 Å². The van der Waals surface area contributed by atoms with Crippen LogP contribution in [0.3, 0.4) is 0 Å². The molecular formula is C18H25F3N2+2. The first-order valence-electron chi connectivity index (χ1n) is 8.42. The third-order valence-corrected chi connectivity index (χ3v) is 5.52. The molecule has 2 bridgehead atoms. The highest BCUT2D eigenvalue weighted by molar-refractivity contribution is 5.23. The lowest BCUT2D eigenvalue weighted by atomic mass is 9.75. The van der Waals surface area contributed by atoms with E-state index in [1.165, 1.54) is 38.1 Å². The molecule has 1 aromatic carbocycles. The van der Waals surface area contributed by atoms with Gasteiger partial charge >= 0.3 is 6.18 Å². The summed E-state index contributed by atoms with van der Waals surface area (Å²) in [6, 6.07) is 6.21. The summed E-state index contributed by atoms with van der Waals surface area (Å²) in [7, 11) is 0. The lowest BCUT2D eigenvalue weighted by Gasteiger charge is -2.45. The zero-order chi connectivity index (χ0) is 16.4. The number of hydrogen-bond acceptors (Lipinski definition) is 0.